The van der Waals surface area contributed by atoms with Crippen LogP contribution < -0.4 is 16.6 Å². The van der Waals surface area contributed by atoms with Crippen molar-refractivity contribution in [2.75, 3.05) is 11.9 Å². The third-order valence-corrected chi connectivity index (χ3v) is 4.34. The maximum absolute atomic E-state index is 12.0. The molecule has 7 heteroatoms. The third kappa shape index (κ3) is 1.85. The van der Waals surface area contributed by atoms with Gasteiger partial charge in [-0.3, -0.25) is 13.9 Å². The maximum Gasteiger partial charge on any atom is 0.332 e. The number of imidazole rings is 1. The number of hydrogen-bond donors (Lipinski definition) is 2. The van der Waals surface area contributed by atoms with E-state index in [2.05, 4.69) is 22.2 Å². The van der Waals surface area contributed by atoms with Crippen molar-refractivity contribution in [2.24, 2.45) is 19.5 Å². The fraction of sp³-hybridized carbons (Fsp3) is 0.615. The molecular weight excluding hydrogens is 258 g/mol. The van der Waals surface area contributed by atoms with Crippen molar-refractivity contribution in [1.29, 1.82) is 0 Å². The predicted octanol–water partition coefficient (Wildman–Crippen LogP) is 0.562. The van der Waals surface area contributed by atoms with E-state index in [-0.39, 0.29) is 11.2 Å². The minimum Gasteiger partial charge on any atom is -0.355 e. The smallest absolute Gasteiger partial charge is 0.332 e. The van der Waals surface area contributed by atoms with Gasteiger partial charge in [0.1, 0.15) is 0 Å². The Morgan fingerprint density at radius 1 is 1.30 bits per heavy atom. The van der Waals surface area contributed by atoms with Crippen LogP contribution in [0, 0.1) is 5.41 Å². The third-order valence-electron chi connectivity index (χ3n) is 4.34. The lowest BCUT2D eigenvalue weighted by atomic mass is 9.70. The molecular formula is C13H19N5O2. The van der Waals surface area contributed by atoms with Crippen LogP contribution in [0.25, 0.3) is 11.2 Å². The Kier molecular flexibility index (Phi) is 2.74. The molecule has 1 saturated carbocycles. The van der Waals surface area contributed by atoms with Gasteiger partial charge in [-0.05, 0) is 18.3 Å². The van der Waals surface area contributed by atoms with E-state index in [1.807, 2.05) is 0 Å². The second-order valence-corrected chi connectivity index (χ2v) is 6.01. The number of fused-ring (bicyclic) bond motifs is 1. The summed E-state index contributed by atoms with van der Waals surface area (Å²) in [6, 6.07) is 0. The average Bonchev–Trinajstić information content (AvgIpc) is 2.83. The average molecular weight is 277 g/mol. The first kappa shape index (κ1) is 13.0. The van der Waals surface area contributed by atoms with Crippen molar-refractivity contribution in [2.45, 2.75) is 26.2 Å². The summed E-state index contributed by atoms with van der Waals surface area (Å²) >= 11 is 0. The van der Waals surface area contributed by atoms with Crippen LogP contribution in [0.2, 0.25) is 0 Å². The first-order chi connectivity index (χ1) is 9.41. The van der Waals surface area contributed by atoms with Gasteiger partial charge in [0.15, 0.2) is 11.2 Å². The highest BCUT2D eigenvalue weighted by molar-refractivity contribution is 5.72. The van der Waals surface area contributed by atoms with Gasteiger partial charge < -0.3 is 10.3 Å². The van der Waals surface area contributed by atoms with Crippen LogP contribution in [0.15, 0.2) is 9.59 Å². The van der Waals surface area contributed by atoms with Crippen LogP contribution >= 0.6 is 0 Å². The maximum atomic E-state index is 12.0. The molecule has 0 bridgehead atoms. The van der Waals surface area contributed by atoms with Crippen molar-refractivity contribution >= 4 is 17.1 Å². The van der Waals surface area contributed by atoms with E-state index in [0.29, 0.717) is 22.5 Å². The number of anilines is 1. The molecule has 2 aromatic rings. The molecule has 1 aliphatic rings. The van der Waals surface area contributed by atoms with Gasteiger partial charge in [0.05, 0.1) is 0 Å². The van der Waals surface area contributed by atoms with Gasteiger partial charge in [-0.2, -0.15) is 4.98 Å². The molecule has 0 atom stereocenters. The second-order valence-electron chi connectivity index (χ2n) is 6.01. The Morgan fingerprint density at radius 3 is 2.60 bits per heavy atom. The Morgan fingerprint density at radius 2 is 2.00 bits per heavy atom. The summed E-state index contributed by atoms with van der Waals surface area (Å²) in [6.45, 7) is 3.06. The van der Waals surface area contributed by atoms with E-state index in [4.69, 9.17) is 0 Å². The molecule has 108 valence electrons. The molecule has 0 saturated heterocycles. The van der Waals surface area contributed by atoms with Crippen LogP contribution in [-0.2, 0) is 14.1 Å². The zero-order valence-electron chi connectivity index (χ0n) is 12.0. The van der Waals surface area contributed by atoms with Crippen molar-refractivity contribution < 1.29 is 0 Å². The van der Waals surface area contributed by atoms with Crippen molar-refractivity contribution in [3.05, 3.63) is 20.8 Å². The minimum atomic E-state index is -0.369. The molecule has 20 heavy (non-hydrogen) atoms. The van der Waals surface area contributed by atoms with Gasteiger partial charge in [-0.15, -0.1) is 0 Å². The van der Waals surface area contributed by atoms with Gasteiger partial charge in [-0.1, -0.05) is 13.3 Å². The van der Waals surface area contributed by atoms with Gasteiger partial charge in [0.25, 0.3) is 5.56 Å². The summed E-state index contributed by atoms with van der Waals surface area (Å²) < 4.78 is 2.46. The zero-order valence-corrected chi connectivity index (χ0v) is 12.0. The monoisotopic (exact) mass is 277 g/mol. The van der Waals surface area contributed by atoms with Crippen LogP contribution in [-0.4, -0.2) is 25.6 Å². The highest BCUT2D eigenvalue weighted by Gasteiger charge is 2.31. The highest BCUT2D eigenvalue weighted by Crippen LogP contribution is 2.40. The summed E-state index contributed by atoms with van der Waals surface area (Å²) in [6.07, 6.45) is 3.69. The van der Waals surface area contributed by atoms with Gasteiger partial charge >= 0.3 is 5.69 Å². The molecule has 0 aliphatic heterocycles. The number of hydrogen-bond acceptors (Lipinski definition) is 4. The molecule has 2 N–H and O–H groups in total. The molecule has 0 unspecified atom stereocenters. The number of H-pyrrole nitrogens is 1. The van der Waals surface area contributed by atoms with E-state index in [1.165, 1.54) is 30.9 Å². The summed E-state index contributed by atoms with van der Waals surface area (Å²) in [5.41, 5.74) is 0.343. The summed E-state index contributed by atoms with van der Waals surface area (Å²) in [4.78, 5) is 31.2. The molecule has 0 amide bonds. The van der Waals surface area contributed by atoms with E-state index < -0.39 is 0 Å². The largest absolute Gasteiger partial charge is 0.355 e. The van der Waals surface area contributed by atoms with E-state index >= 15 is 0 Å². The fourth-order valence-corrected chi connectivity index (χ4v) is 2.66. The summed E-state index contributed by atoms with van der Waals surface area (Å²) in [5.74, 6) is 0.548. The Labute approximate surface area is 115 Å². The first-order valence-corrected chi connectivity index (χ1v) is 6.81. The zero-order chi connectivity index (χ0) is 14.5. The first-order valence-electron chi connectivity index (χ1n) is 6.81. The van der Waals surface area contributed by atoms with Crippen LogP contribution in [0.1, 0.15) is 26.2 Å². The SMILES string of the molecule is Cn1c(=O)c2[nH]c(NCC3(C)CCC3)nc2n(C)c1=O. The lowest BCUT2D eigenvalue weighted by Crippen LogP contribution is -2.36. The number of aryl methyl sites for hydroxylation is 1. The van der Waals surface area contributed by atoms with Crippen molar-refractivity contribution in [3.63, 3.8) is 0 Å². The van der Waals surface area contributed by atoms with E-state index in [9.17, 15) is 9.59 Å². The predicted molar refractivity (Wildman–Crippen MR) is 77.0 cm³/mol. The summed E-state index contributed by atoms with van der Waals surface area (Å²) in [7, 11) is 3.08. The highest BCUT2D eigenvalue weighted by atomic mass is 16.2. The standard InChI is InChI=1S/C13H19N5O2/c1-13(5-4-6-13)7-14-11-15-8-9(16-11)17(2)12(20)18(3)10(8)19/h4-7H2,1-3H3,(H2,14,15,16). The molecule has 2 aromatic heterocycles. The minimum absolute atomic E-state index is 0.315. The van der Waals surface area contributed by atoms with Crippen LogP contribution in [0.3, 0.4) is 0 Å². The molecule has 0 radical (unpaired) electrons. The number of aromatic amines is 1. The second kappa shape index (κ2) is 4.22. The Bertz CT molecular complexity index is 778. The van der Waals surface area contributed by atoms with Crippen molar-refractivity contribution in [1.82, 2.24) is 19.1 Å². The lowest BCUT2D eigenvalue weighted by molar-refractivity contribution is 0.179. The number of rotatable bonds is 3. The molecule has 0 aromatic carbocycles. The van der Waals surface area contributed by atoms with E-state index in [0.717, 1.165) is 11.1 Å². The fourth-order valence-electron chi connectivity index (χ4n) is 2.66. The topological polar surface area (TPSA) is 84.7 Å². The summed E-state index contributed by atoms with van der Waals surface area (Å²) in [5, 5.41) is 3.24. The molecule has 3 rings (SSSR count). The molecule has 0 spiro atoms. The molecule has 1 fully saturated rings. The number of nitrogens with zero attached hydrogens (tertiary/aromatic N) is 3. The van der Waals surface area contributed by atoms with Gasteiger partial charge in [-0.25, -0.2) is 4.79 Å². The Hall–Kier alpha value is -2.05. The normalized spacial score (nSPS) is 17.1. The van der Waals surface area contributed by atoms with Crippen molar-refractivity contribution in [3.8, 4) is 0 Å². The van der Waals surface area contributed by atoms with Crippen LogP contribution in [0.5, 0.6) is 0 Å². The lowest BCUT2D eigenvalue weighted by Gasteiger charge is -2.38. The van der Waals surface area contributed by atoms with Gasteiger partial charge in [0, 0.05) is 20.6 Å². The number of aromatic nitrogens is 4. The number of nitrogens with one attached hydrogen (secondary N) is 2. The molecule has 7 nitrogen and oxygen atoms in total. The quantitative estimate of drug-likeness (QED) is 0.858. The molecule has 2 heterocycles. The van der Waals surface area contributed by atoms with Gasteiger partial charge in [0.2, 0.25) is 5.95 Å². The Balaban J connectivity index is 1.98. The van der Waals surface area contributed by atoms with Crippen LogP contribution in [0.4, 0.5) is 5.95 Å². The van der Waals surface area contributed by atoms with E-state index in [1.54, 1.807) is 7.05 Å². The molecule has 1 aliphatic carbocycles.